The zero-order valence-corrected chi connectivity index (χ0v) is 11.1. The fraction of sp³-hybridized carbons (Fsp3) is 0.500. The summed E-state index contributed by atoms with van der Waals surface area (Å²) in [5.74, 6) is -0.467. The van der Waals surface area contributed by atoms with Gasteiger partial charge >= 0.3 is 0 Å². The van der Waals surface area contributed by atoms with Gasteiger partial charge in [0.05, 0.1) is 4.90 Å². The number of benzene rings is 1. The van der Waals surface area contributed by atoms with Crippen LogP contribution in [0.1, 0.15) is 25.3 Å². The van der Waals surface area contributed by atoms with Gasteiger partial charge in [-0.1, -0.05) is 6.92 Å². The van der Waals surface area contributed by atoms with Crippen LogP contribution in [0.3, 0.4) is 0 Å². The molecule has 0 heterocycles. The number of halogens is 1. The maximum Gasteiger partial charge on any atom is 0.243 e. The zero-order chi connectivity index (χ0) is 13.3. The van der Waals surface area contributed by atoms with Gasteiger partial charge in [0.15, 0.2) is 0 Å². The van der Waals surface area contributed by atoms with Crippen molar-refractivity contribution in [2.75, 3.05) is 6.54 Å². The van der Waals surface area contributed by atoms with Crippen molar-refractivity contribution in [2.45, 2.75) is 37.2 Å². The average Bonchev–Trinajstić information content (AvgIpc) is 3.14. The third kappa shape index (κ3) is 2.41. The van der Waals surface area contributed by atoms with E-state index in [1.807, 2.05) is 6.92 Å². The van der Waals surface area contributed by atoms with Gasteiger partial charge in [-0.2, -0.15) is 4.31 Å². The van der Waals surface area contributed by atoms with E-state index in [0.29, 0.717) is 6.54 Å². The normalized spacial score (nSPS) is 16.2. The van der Waals surface area contributed by atoms with Crippen molar-refractivity contribution in [1.82, 2.24) is 4.31 Å². The predicted molar refractivity (Wildman–Crippen MR) is 66.9 cm³/mol. The molecule has 100 valence electrons. The highest BCUT2D eigenvalue weighted by Gasteiger charge is 2.36. The molecule has 1 aliphatic rings. The predicted octanol–water partition coefficient (Wildman–Crippen LogP) is 1.46. The molecule has 0 amide bonds. The van der Waals surface area contributed by atoms with E-state index in [1.54, 1.807) is 0 Å². The molecule has 1 aromatic rings. The lowest BCUT2D eigenvalue weighted by molar-refractivity contribution is 0.421. The highest BCUT2D eigenvalue weighted by atomic mass is 32.2. The van der Waals surface area contributed by atoms with Crippen LogP contribution < -0.4 is 5.73 Å². The summed E-state index contributed by atoms with van der Waals surface area (Å²) in [5.41, 5.74) is 5.62. The molecule has 0 radical (unpaired) electrons. The molecule has 1 fully saturated rings. The second-order valence-corrected chi connectivity index (χ2v) is 6.29. The Morgan fingerprint density at radius 2 is 2.11 bits per heavy atom. The number of sulfonamides is 1. The van der Waals surface area contributed by atoms with E-state index < -0.39 is 15.8 Å². The Balaban J connectivity index is 2.40. The Bertz CT molecular complexity index is 541. The lowest BCUT2D eigenvalue weighted by atomic mass is 10.2. The third-order valence-electron chi connectivity index (χ3n) is 3.11. The molecule has 0 bridgehead atoms. The van der Waals surface area contributed by atoms with Crippen LogP contribution in [0, 0.1) is 5.82 Å². The number of rotatable bonds is 5. The minimum Gasteiger partial charge on any atom is -0.326 e. The molecule has 0 atom stereocenters. The molecule has 1 aromatic carbocycles. The Morgan fingerprint density at radius 1 is 1.44 bits per heavy atom. The minimum absolute atomic E-state index is 0.00918. The van der Waals surface area contributed by atoms with Gasteiger partial charge in [0, 0.05) is 24.7 Å². The van der Waals surface area contributed by atoms with E-state index in [1.165, 1.54) is 16.4 Å². The van der Waals surface area contributed by atoms with E-state index in [4.69, 9.17) is 5.73 Å². The Hall–Kier alpha value is -0.980. The number of nitrogens with zero attached hydrogens (tertiary/aromatic N) is 1. The first-order valence-corrected chi connectivity index (χ1v) is 7.45. The molecule has 4 nitrogen and oxygen atoms in total. The summed E-state index contributed by atoms with van der Waals surface area (Å²) in [6.07, 6.45) is 1.80. The fourth-order valence-corrected chi connectivity index (χ4v) is 3.74. The van der Waals surface area contributed by atoms with Gasteiger partial charge in [-0.25, -0.2) is 12.8 Å². The Labute approximate surface area is 107 Å². The minimum atomic E-state index is -3.53. The second-order valence-electron chi connectivity index (χ2n) is 4.40. The van der Waals surface area contributed by atoms with Gasteiger partial charge in [-0.3, -0.25) is 0 Å². The molecule has 0 saturated heterocycles. The molecule has 0 unspecified atom stereocenters. The monoisotopic (exact) mass is 272 g/mol. The van der Waals surface area contributed by atoms with Gasteiger partial charge in [0.1, 0.15) is 5.82 Å². The van der Waals surface area contributed by atoms with Crippen LogP contribution in [0.2, 0.25) is 0 Å². The van der Waals surface area contributed by atoms with Crippen molar-refractivity contribution in [3.63, 3.8) is 0 Å². The maximum absolute atomic E-state index is 13.3. The smallest absolute Gasteiger partial charge is 0.243 e. The first-order valence-electron chi connectivity index (χ1n) is 6.01. The van der Waals surface area contributed by atoms with Crippen LogP contribution in [0.25, 0.3) is 0 Å². The van der Waals surface area contributed by atoms with E-state index >= 15 is 0 Å². The molecular weight excluding hydrogens is 255 g/mol. The van der Waals surface area contributed by atoms with Gasteiger partial charge in [-0.15, -0.1) is 0 Å². The summed E-state index contributed by atoms with van der Waals surface area (Å²) in [7, 11) is -3.53. The highest BCUT2D eigenvalue weighted by molar-refractivity contribution is 7.89. The van der Waals surface area contributed by atoms with Crippen LogP contribution in [0.15, 0.2) is 23.1 Å². The van der Waals surface area contributed by atoms with E-state index in [0.717, 1.165) is 18.9 Å². The topological polar surface area (TPSA) is 63.4 Å². The number of hydrogen-bond acceptors (Lipinski definition) is 3. The van der Waals surface area contributed by atoms with Gasteiger partial charge in [-0.05, 0) is 31.0 Å². The summed E-state index contributed by atoms with van der Waals surface area (Å²) >= 11 is 0. The molecule has 1 saturated carbocycles. The van der Waals surface area contributed by atoms with E-state index in [2.05, 4.69) is 0 Å². The second kappa shape index (κ2) is 4.95. The van der Waals surface area contributed by atoms with Crippen molar-refractivity contribution >= 4 is 10.0 Å². The molecule has 0 aliphatic heterocycles. The molecule has 1 aliphatic carbocycles. The summed E-state index contributed by atoms with van der Waals surface area (Å²) in [6, 6.07) is 3.90. The number of nitrogens with two attached hydrogens (primary N) is 1. The Kier molecular flexibility index (Phi) is 3.70. The van der Waals surface area contributed by atoms with Crippen LogP contribution in [0.5, 0.6) is 0 Å². The summed E-state index contributed by atoms with van der Waals surface area (Å²) in [6.45, 7) is 2.23. The van der Waals surface area contributed by atoms with Crippen molar-refractivity contribution in [3.05, 3.63) is 29.6 Å². The average molecular weight is 272 g/mol. The van der Waals surface area contributed by atoms with E-state index in [9.17, 15) is 12.8 Å². The van der Waals surface area contributed by atoms with Crippen LogP contribution in [-0.4, -0.2) is 25.3 Å². The van der Waals surface area contributed by atoms with Gasteiger partial charge in [0.25, 0.3) is 0 Å². The fourth-order valence-electron chi connectivity index (χ4n) is 1.99. The Morgan fingerprint density at radius 3 is 2.61 bits per heavy atom. The largest absolute Gasteiger partial charge is 0.326 e. The van der Waals surface area contributed by atoms with Crippen molar-refractivity contribution in [2.24, 2.45) is 5.73 Å². The molecule has 2 N–H and O–H groups in total. The number of hydrogen-bond donors (Lipinski definition) is 1. The van der Waals surface area contributed by atoms with Gasteiger partial charge < -0.3 is 5.73 Å². The maximum atomic E-state index is 13.3. The third-order valence-corrected chi connectivity index (χ3v) is 5.13. The van der Waals surface area contributed by atoms with Crippen LogP contribution in [-0.2, 0) is 16.6 Å². The summed E-state index contributed by atoms with van der Waals surface area (Å²) in [4.78, 5) is 0.123. The lowest BCUT2D eigenvalue weighted by Crippen LogP contribution is -2.33. The zero-order valence-electron chi connectivity index (χ0n) is 10.3. The first-order chi connectivity index (χ1) is 8.50. The van der Waals surface area contributed by atoms with E-state index in [-0.39, 0.29) is 23.0 Å². The summed E-state index contributed by atoms with van der Waals surface area (Å²) in [5, 5.41) is 0. The first kappa shape index (κ1) is 13.5. The van der Waals surface area contributed by atoms with Crippen molar-refractivity contribution in [1.29, 1.82) is 0 Å². The molecule has 6 heteroatoms. The van der Waals surface area contributed by atoms with Crippen molar-refractivity contribution < 1.29 is 12.8 Å². The molecule has 0 spiro atoms. The highest BCUT2D eigenvalue weighted by Crippen LogP contribution is 2.32. The standard InChI is InChI=1S/C12H17FN2O2S/c1-2-15(10-3-4-10)18(16,17)11-5-6-12(13)9(7-11)8-14/h5-7,10H,2-4,8,14H2,1H3. The summed E-state index contributed by atoms with van der Waals surface area (Å²) < 4.78 is 39.6. The molecule has 2 rings (SSSR count). The van der Waals surface area contributed by atoms with Gasteiger partial charge in [0.2, 0.25) is 10.0 Å². The van der Waals surface area contributed by atoms with Crippen LogP contribution >= 0.6 is 0 Å². The molecular formula is C12H17FN2O2S. The molecule has 0 aromatic heterocycles. The SMILES string of the molecule is CCN(C1CC1)S(=O)(=O)c1ccc(F)c(CN)c1. The molecule has 18 heavy (non-hydrogen) atoms. The van der Waals surface area contributed by atoms with Crippen LogP contribution in [0.4, 0.5) is 4.39 Å². The lowest BCUT2D eigenvalue weighted by Gasteiger charge is -2.20. The quantitative estimate of drug-likeness (QED) is 0.882. The van der Waals surface area contributed by atoms with Crippen molar-refractivity contribution in [3.8, 4) is 0 Å².